The van der Waals surface area contributed by atoms with Crippen molar-refractivity contribution in [1.82, 2.24) is 29.8 Å². The summed E-state index contributed by atoms with van der Waals surface area (Å²) in [6.45, 7) is 8.34. The van der Waals surface area contributed by atoms with Crippen LogP contribution in [-0.2, 0) is 5.41 Å². The zero-order valence-electron chi connectivity index (χ0n) is 16.6. The summed E-state index contributed by atoms with van der Waals surface area (Å²) in [5.74, 6) is 3.45. The van der Waals surface area contributed by atoms with Gasteiger partial charge in [0, 0.05) is 24.4 Å². The van der Waals surface area contributed by atoms with Crippen molar-refractivity contribution in [3.8, 4) is 0 Å². The van der Waals surface area contributed by atoms with E-state index in [9.17, 15) is 0 Å². The van der Waals surface area contributed by atoms with Crippen molar-refractivity contribution in [1.29, 1.82) is 0 Å². The summed E-state index contributed by atoms with van der Waals surface area (Å²) < 4.78 is 1.89. The Morgan fingerprint density at radius 3 is 2.54 bits per heavy atom. The number of fused-ring (bicyclic) bond motifs is 2. The van der Waals surface area contributed by atoms with Crippen molar-refractivity contribution in [3.05, 3.63) is 48.0 Å². The summed E-state index contributed by atoms with van der Waals surface area (Å²) in [6, 6.07) is 12.3. The number of para-hydroxylation sites is 2. The molecule has 1 aliphatic heterocycles. The van der Waals surface area contributed by atoms with Crippen LogP contribution in [-0.4, -0.2) is 42.9 Å². The lowest BCUT2D eigenvalue weighted by atomic mass is 9.96. The maximum absolute atomic E-state index is 4.85. The van der Waals surface area contributed by atoms with E-state index in [-0.39, 0.29) is 5.41 Å². The second-order valence-electron chi connectivity index (χ2n) is 8.64. The third kappa shape index (κ3) is 2.91. The third-order valence-corrected chi connectivity index (χ3v) is 5.53. The van der Waals surface area contributed by atoms with Crippen molar-refractivity contribution in [3.63, 3.8) is 0 Å². The van der Waals surface area contributed by atoms with E-state index in [1.54, 1.807) is 0 Å². The number of aromatic nitrogens is 6. The second kappa shape index (κ2) is 6.29. The van der Waals surface area contributed by atoms with Gasteiger partial charge >= 0.3 is 0 Å². The molecule has 0 aliphatic carbocycles. The van der Waals surface area contributed by atoms with Crippen LogP contribution in [0.3, 0.4) is 0 Å². The maximum atomic E-state index is 4.85. The van der Waals surface area contributed by atoms with Crippen LogP contribution in [0.1, 0.15) is 51.2 Å². The molecule has 0 radical (unpaired) electrons. The molecule has 1 saturated heterocycles. The normalized spacial score (nSPS) is 16.3. The van der Waals surface area contributed by atoms with Crippen LogP contribution >= 0.6 is 0 Å². The Morgan fingerprint density at radius 2 is 1.79 bits per heavy atom. The largest absolute Gasteiger partial charge is 0.355 e. The van der Waals surface area contributed by atoms with Crippen molar-refractivity contribution in [2.75, 3.05) is 18.0 Å². The second-order valence-corrected chi connectivity index (χ2v) is 8.64. The number of anilines is 1. The van der Waals surface area contributed by atoms with Crippen LogP contribution in [0, 0.1) is 0 Å². The minimum absolute atomic E-state index is 0.0979. The number of rotatable bonds is 2. The molecule has 0 amide bonds. The molecule has 5 rings (SSSR count). The molecule has 1 aromatic carbocycles. The quantitative estimate of drug-likeness (QED) is 0.578. The Hall–Kier alpha value is -2.96. The Balaban J connectivity index is 1.36. The summed E-state index contributed by atoms with van der Waals surface area (Å²) in [7, 11) is 0. The van der Waals surface area contributed by atoms with E-state index in [0.29, 0.717) is 5.92 Å². The molecule has 0 unspecified atom stereocenters. The fraction of sp³-hybridized carbons (Fsp3) is 0.429. The van der Waals surface area contributed by atoms with Crippen molar-refractivity contribution < 1.29 is 0 Å². The molecular weight excluding hydrogens is 350 g/mol. The molecule has 144 valence electrons. The zero-order valence-corrected chi connectivity index (χ0v) is 16.6. The molecule has 1 aliphatic rings. The highest BCUT2D eigenvalue weighted by Crippen LogP contribution is 2.30. The Morgan fingerprint density at radius 1 is 1.00 bits per heavy atom. The predicted molar refractivity (Wildman–Crippen MR) is 110 cm³/mol. The number of nitrogens with zero attached hydrogens (tertiary/aromatic N) is 6. The smallest absolute Gasteiger partial charge is 0.178 e. The van der Waals surface area contributed by atoms with Crippen LogP contribution in [0.4, 0.5) is 5.82 Å². The third-order valence-electron chi connectivity index (χ3n) is 5.53. The van der Waals surface area contributed by atoms with E-state index >= 15 is 0 Å². The molecule has 4 heterocycles. The number of benzene rings is 1. The molecule has 28 heavy (non-hydrogen) atoms. The van der Waals surface area contributed by atoms with Gasteiger partial charge in [0.15, 0.2) is 11.5 Å². The Labute approximate surface area is 163 Å². The first kappa shape index (κ1) is 17.2. The van der Waals surface area contributed by atoms with Gasteiger partial charge in [-0.25, -0.2) is 4.98 Å². The predicted octanol–water partition coefficient (Wildman–Crippen LogP) is 3.68. The van der Waals surface area contributed by atoms with Gasteiger partial charge < -0.3 is 9.88 Å². The maximum Gasteiger partial charge on any atom is 0.178 e. The number of aromatic amines is 1. The zero-order chi connectivity index (χ0) is 19.3. The summed E-state index contributed by atoms with van der Waals surface area (Å²) in [4.78, 5) is 10.6. The number of nitrogens with one attached hydrogen (secondary N) is 1. The van der Waals surface area contributed by atoms with E-state index in [0.717, 1.165) is 60.1 Å². The molecule has 0 saturated carbocycles. The Kier molecular flexibility index (Phi) is 3.86. The van der Waals surface area contributed by atoms with Gasteiger partial charge in [0.05, 0.1) is 11.0 Å². The molecule has 7 heteroatoms. The molecule has 0 spiro atoms. The summed E-state index contributed by atoms with van der Waals surface area (Å²) in [6.07, 6.45) is 2.13. The van der Waals surface area contributed by atoms with Crippen molar-refractivity contribution in [2.24, 2.45) is 0 Å². The van der Waals surface area contributed by atoms with Crippen molar-refractivity contribution in [2.45, 2.75) is 44.9 Å². The molecule has 3 aromatic heterocycles. The van der Waals surface area contributed by atoms with Gasteiger partial charge in [0.2, 0.25) is 0 Å². The van der Waals surface area contributed by atoms with E-state index in [1.165, 1.54) is 0 Å². The van der Waals surface area contributed by atoms with Gasteiger partial charge in [-0.2, -0.15) is 4.52 Å². The lowest BCUT2D eigenvalue weighted by molar-refractivity contribution is 0.483. The summed E-state index contributed by atoms with van der Waals surface area (Å²) in [5, 5.41) is 13.5. The lowest BCUT2D eigenvalue weighted by Gasteiger charge is -2.32. The van der Waals surface area contributed by atoms with Crippen LogP contribution in [0.5, 0.6) is 0 Å². The molecule has 1 fully saturated rings. The van der Waals surface area contributed by atoms with Crippen LogP contribution in [0.25, 0.3) is 16.7 Å². The fourth-order valence-corrected chi connectivity index (χ4v) is 3.96. The number of hydrogen-bond donors (Lipinski definition) is 1. The van der Waals surface area contributed by atoms with E-state index in [1.807, 2.05) is 22.7 Å². The fourth-order valence-electron chi connectivity index (χ4n) is 3.96. The molecule has 0 bridgehead atoms. The number of H-pyrrole nitrogens is 1. The summed E-state index contributed by atoms with van der Waals surface area (Å²) >= 11 is 0. The highest BCUT2D eigenvalue weighted by atomic mass is 15.4. The molecule has 7 nitrogen and oxygen atoms in total. The lowest BCUT2D eigenvalue weighted by Crippen LogP contribution is -2.34. The number of imidazole rings is 1. The van der Waals surface area contributed by atoms with Crippen LogP contribution < -0.4 is 4.90 Å². The average molecular weight is 375 g/mol. The van der Waals surface area contributed by atoms with Crippen LogP contribution in [0.2, 0.25) is 0 Å². The first-order chi connectivity index (χ1) is 13.5. The van der Waals surface area contributed by atoms with Gasteiger partial charge in [-0.05, 0) is 37.1 Å². The van der Waals surface area contributed by atoms with E-state index in [2.05, 4.69) is 59.1 Å². The monoisotopic (exact) mass is 375 g/mol. The SMILES string of the molecule is CC(C)(C)c1nnc2ccc(N3CCC(c4nc5ccccc5[nH]4)CC3)nn12. The number of piperidine rings is 1. The van der Waals surface area contributed by atoms with Gasteiger partial charge in [-0.1, -0.05) is 32.9 Å². The minimum atomic E-state index is -0.0979. The highest BCUT2D eigenvalue weighted by Gasteiger charge is 2.26. The molecule has 4 aromatic rings. The van der Waals surface area contributed by atoms with Gasteiger partial charge in [-0.3, -0.25) is 0 Å². The van der Waals surface area contributed by atoms with Crippen molar-refractivity contribution >= 4 is 22.5 Å². The van der Waals surface area contributed by atoms with Crippen LogP contribution in [0.15, 0.2) is 36.4 Å². The standard InChI is InChI=1S/C21H25N7/c1-21(2,3)20-25-24-17-8-9-18(26-28(17)20)27-12-10-14(11-13-27)19-22-15-6-4-5-7-16(15)23-19/h4-9,14H,10-13H2,1-3H3,(H,22,23). The van der Waals surface area contributed by atoms with E-state index < -0.39 is 0 Å². The topological polar surface area (TPSA) is 75.0 Å². The summed E-state index contributed by atoms with van der Waals surface area (Å²) in [5.41, 5.74) is 2.87. The first-order valence-electron chi connectivity index (χ1n) is 9.91. The molecular formula is C21H25N7. The van der Waals surface area contributed by atoms with Gasteiger partial charge in [0.25, 0.3) is 0 Å². The van der Waals surface area contributed by atoms with Gasteiger partial charge in [0.1, 0.15) is 11.6 Å². The first-order valence-corrected chi connectivity index (χ1v) is 9.91. The molecule has 0 atom stereocenters. The minimum Gasteiger partial charge on any atom is -0.355 e. The average Bonchev–Trinajstić information content (AvgIpc) is 3.31. The molecule has 1 N–H and O–H groups in total. The number of hydrogen-bond acceptors (Lipinski definition) is 5. The van der Waals surface area contributed by atoms with E-state index in [4.69, 9.17) is 10.1 Å². The van der Waals surface area contributed by atoms with Gasteiger partial charge in [-0.15, -0.1) is 15.3 Å². The highest BCUT2D eigenvalue weighted by molar-refractivity contribution is 5.74. The Bertz CT molecular complexity index is 1090.